The molecule has 1 atom stereocenters. The summed E-state index contributed by atoms with van der Waals surface area (Å²) in [6.07, 6.45) is -2.63. The number of nitrogens with one attached hydrogen (secondary N) is 1. The van der Waals surface area contributed by atoms with Crippen molar-refractivity contribution in [2.24, 2.45) is 0 Å². The number of aliphatic hydroxyl groups excluding tert-OH is 2. The smallest absolute Gasteiger partial charge is 0.393 e. The number of pyridine rings is 3. The molecule has 4 rings (SSSR count). The third-order valence-electron chi connectivity index (χ3n) is 4.50. The number of aromatic nitrogens is 5. The predicted molar refractivity (Wildman–Crippen MR) is 105 cm³/mol. The van der Waals surface area contributed by atoms with Gasteiger partial charge in [-0.2, -0.15) is 13.2 Å². The van der Waals surface area contributed by atoms with E-state index in [2.05, 4.69) is 30.2 Å². The summed E-state index contributed by atoms with van der Waals surface area (Å²) in [5.74, 6) is -0.368. The minimum absolute atomic E-state index is 0.0849. The van der Waals surface area contributed by atoms with Crippen LogP contribution in [-0.2, 0) is 6.18 Å². The van der Waals surface area contributed by atoms with Crippen molar-refractivity contribution in [3.63, 3.8) is 0 Å². The van der Waals surface area contributed by atoms with Crippen molar-refractivity contribution in [1.29, 1.82) is 0 Å². The highest BCUT2D eigenvalue weighted by Gasteiger charge is 2.30. The Morgan fingerprint density at radius 3 is 2.47 bits per heavy atom. The number of fused-ring (bicyclic) bond motifs is 1. The average Bonchev–Trinajstić information content (AvgIpc) is 2.78. The molecule has 0 radical (unpaired) electrons. The van der Waals surface area contributed by atoms with Crippen LogP contribution in [0.2, 0.25) is 0 Å². The second-order valence-electron chi connectivity index (χ2n) is 6.64. The maximum Gasteiger partial charge on any atom is 0.417 e. The first kappa shape index (κ1) is 21.5. The Labute approximate surface area is 177 Å². The summed E-state index contributed by atoms with van der Waals surface area (Å²) in [5, 5.41) is 21.8. The summed E-state index contributed by atoms with van der Waals surface area (Å²) in [4.78, 5) is 20.1. The first-order chi connectivity index (χ1) is 15.3. The van der Waals surface area contributed by atoms with Crippen molar-refractivity contribution >= 4 is 22.7 Å². The molecule has 8 nitrogen and oxygen atoms in total. The molecule has 4 aromatic heterocycles. The number of hydrogen-bond acceptors (Lipinski definition) is 8. The minimum Gasteiger partial charge on any atom is -0.393 e. The van der Waals surface area contributed by atoms with Gasteiger partial charge in [-0.25, -0.2) is 24.3 Å². The van der Waals surface area contributed by atoms with Gasteiger partial charge in [-0.3, -0.25) is 4.98 Å². The zero-order chi connectivity index (χ0) is 22.9. The third kappa shape index (κ3) is 4.31. The van der Waals surface area contributed by atoms with Crippen LogP contribution in [0.1, 0.15) is 17.2 Å². The summed E-state index contributed by atoms with van der Waals surface area (Å²) < 4.78 is 52.6. The number of anilines is 2. The number of nitrogens with zero attached hydrogens (tertiary/aromatic N) is 5. The van der Waals surface area contributed by atoms with Crippen LogP contribution in [0, 0.1) is 5.82 Å². The SMILES string of the molecule is OC[C@H](O)c1cnc(-c2ccc3c(Nc4ccc(C(F)(F)F)cn4)ncnc3n2)c(F)c1. The van der Waals surface area contributed by atoms with Gasteiger partial charge < -0.3 is 15.5 Å². The lowest BCUT2D eigenvalue weighted by Gasteiger charge is -2.11. The standard InChI is InChI=1S/C20H14F4N6O2/c21-13-5-10(15(32)8-31)6-26-17(13)14-3-2-12-18(29-14)27-9-28-19(12)30-16-4-1-11(7-25-16)20(22,23)24/h1-7,9,15,31-32H,8H2,(H,25,27,28,29,30)/t15-/m0/s1. The van der Waals surface area contributed by atoms with Crippen LogP contribution in [0.25, 0.3) is 22.4 Å². The van der Waals surface area contributed by atoms with Gasteiger partial charge in [0, 0.05) is 18.0 Å². The third-order valence-corrected chi connectivity index (χ3v) is 4.50. The molecular weight excluding hydrogens is 432 g/mol. The fourth-order valence-corrected chi connectivity index (χ4v) is 2.86. The topological polar surface area (TPSA) is 117 Å². The molecule has 0 spiro atoms. The van der Waals surface area contributed by atoms with Crippen LogP contribution in [0.4, 0.5) is 29.2 Å². The molecule has 32 heavy (non-hydrogen) atoms. The first-order valence-corrected chi connectivity index (χ1v) is 9.13. The Morgan fingerprint density at radius 2 is 1.81 bits per heavy atom. The lowest BCUT2D eigenvalue weighted by atomic mass is 10.1. The van der Waals surface area contributed by atoms with Gasteiger partial charge in [-0.15, -0.1) is 0 Å². The second kappa shape index (κ2) is 8.40. The Morgan fingerprint density at radius 1 is 1.00 bits per heavy atom. The van der Waals surface area contributed by atoms with Crippen LogP contribution in [0.15, 0.2) is 49.1 Å². The molecule has 4 aromatic rings. The van der Waals surface area contributed by atoms with Gasteiger partial charge in [-0.1, -0.05) is 0 Å². The van der Waals surface area contributed by atoms with E-state index < -0.39 is 30.3 Å². The second-order valence-corrected chi connectivity index (χ2v) is 6.64. The van der Waals surface area contributed by atoms with Gasteiger partial charge in [0.15, 0.2) is 11.5 Å². The van der Waals surface area contributed by atoms with E-state index in [1.807, 2.05) is 0 Å². The quantitative estimate of drug-likeness (QED) is 0.400. The molecule has 0 saturated carbocycles. The first-order valence-electron chi connectivity index (χ1n) is 9.13. The average molecular weight is 446 g/mol. The van der Waals surface area contributed by atoms with Gasteiger partial charge >= 0.3 is 6.18 Å². The zero-order valence-electron chi connectivity index (χ0n) is 16.0. The molecule has 4 heterocycles. The summed E-state index contributed by atoms with van der Waals surface area (Å²) >= 11 is 0. The lowest BCUT2D eigenvalue weighted by molar-refractivity contribution is -0.137. The Bertz CT molecular complexity index is 1270. The van der Waals surface area contributed by atoms with E-state index in [9.17, 15) is 22.7 Å². The van der Waals surface area contributed by atoms with E-state index in [1.54, 1.807) is 6.07 Å². The lowest BCUT2D eigenvalue weighted by Crippen LogP contribution is -2.06. The van der Waals surface area contributed by atoms with E-state index in [0.717, 1.165) is 12.1 Å². The molecule has 0 aliphatic carbocycles. The molecular formula is C20H14F4N6O2. The van der Waals surface area contributed by atoms with Crippen molar-refractivity contribution in [2.75, 3.05) is 11.9 Å². The van der Waals surface area contributed by atoms with Crippen LogP contribution in [-0.4, -0.2) is 41.7 Å². The van der Waals surface area contributed by atoms with Crippen LogP contribution >= 0.6 is 0 Å². The number of hydrogen-bond donors (Lipinski definition) is 3. The monoisotopic (exact) mass is 446 g/mol. The van der Waals surface area contributed by atoms with E-state index in [4.69, 9.17) is 5.11 Å². The predicted octanol–water partition coefficient (Wildman–Crippen LogP) is 3.41. The molecule has 0 fully saturated rings. The Kier molecular flexibility index (Phi) is 5.63. The maximum absolute atomic E-state index is 14.5. The van der Waals surface area contributed by atoms with Gasteiger partial charge in [0.2, 0.25) is 0 Å². The number of alkyl halides is 3. The van der Waals surface area contributed by atoms with Crippen molar-refractivity contribution in [3.8, 4) is 11.4 Å². The van der Waals surface area contributed by atoms with Crippen LogP contribution < -0.4 is 5.32 Å². The van der Waals surface area contributed by atoms with Gasteiger partial charge in [0.25, 0.3) is 0 Å². The fourth-order valence-electron chi connectivity index (χ4n) is 2.86. The zero-order valence-corrected chi connectivity index (χ0v) is 16.0. The van der Waals surface area contributed by atoms with Crippen molar-refractivity contribution in [3.05, 3.63) is 66.0 Å². The van der Waals surface area contributed by atoms with Gasteiger partial charge in [0.1, 0.15) is 29.8 Å². The van der Waals surface area contributed by atoms with Gasteiger partial charge in [-0.05, 0) is 30.3 Å². The van der Waals surface area contributed by atoms with Crippen molar-refractivity contribution in [1.82, 2.24) is 24.9 Å². The normalized spacial score (nSPS) is 12.7. The molecule has 0 amide bonds. The largest absolute Gasteiger partial charge is 0.417 e. The van der Waals surface area contributed by atoms with Gasteiger partial charge in [0.05, 0.1) is 23.3 Å². The van der Waals surface area contributed by atoms with E-state index >= 15 is 0 Å². The number of rotatable bonds is 5. The molecule has 0 aliphatic rings. The molecule has 0 aromatic carbocycles. The minimum atomic E-state index is -4.49. The highest BCUT2D eigenvalue weighted by molar-refractivity contribution is 5.89. The summed E-state index contributed by atoms with van der Waals surface area (Å²) in [6, 6.07) is 6.14. The van der Waals surface area contributed by atoms with E-state index in [1.165, 1.54) is 24.7 Å². The molecule has 164 valence electrons. The molecule has 12 heteroatoms. The maximum atomic E-state index is 14.5. The van der Waals surface area contributed by atoms with E-state index in [-0.39, 0.29) is 34.2 Å². The molecule has 0 bridgehead atoms. The number of aliphatic hydroxyl groups is 2. The Balaban J connectivity index is 1.64. The molecule has 3 N–H and O–H groups in total. The van der Waals surface area contributed by atoms with Crippen molar-refractivity contribution in [2.45, 2.75) is 12.3 Å². The fraction of sp³-hybridized carbons (Fsp3) is 0.150. The van der Waals surface area contributed by atoms with Crippen molar-refractivity contribution < 1.29 is 27.8 Å². The summed E-state index contributed by atoms with van der Waals surface area (Å²) in [6.45, 7) is -0.574. The molecule has 0 aliphatic heterocycles. The van der Waals surface area contributed by atoms with Crippen LogP contribution in [0.3, 0.4) is 0 Å². The summed E-state index contributed by atoms with van der Waals surface area (Å²) in [7, 11) is 0. The number of halogens is 4. The highest BCUT2D eigenvalue weighted by Crippen LogP contribution is 2.30. The van der Waals surface area contributed by atoms with E-state index in [0.29, 0.717) is 11.6 Å². The van der Waals surface area contributed by atoms with Crippen LogP contribution in [0.5, 0.6) is 0 Å². The molecule has 0 saturated heterocycles. The Hall–Kier alpha value is -3.77. The summed E-state index contributed by atoms with van der Waals surface area (Å²) in [5.41, 5.74) is -0.496. The highest BCUT2D eigenvalue weighted by atomic mass is 19.4. The molecule has 0 unspecified atom stereocenters.